The highest BCUT2D eigenvalue weighted by Crippen LogP contribution is 2.17. The fraction of sp³-hybridized carbons (Fsp3) is 0.333. The Balaban J connectivity index is 2.42. The number of rotatable bonds is 6. The van der Waals surface area contributed by atoms with Gasteiger partial charge in [0.1, 0.15) is 5.75 Å². The van der Waals surface area contributed by atoms with Crippen molar-refractivity contribution in [1.29, 1.82) is 0 Å². The van der Waals surface area contributed by atoms with Gasteiger partial charge in [-0.1, -0.05) is 18.2 Å². The van der Waals surface area contributed by atoms with Crippen molar-refractivity contribution in [3.05, 3.63) is 42.3 Å². The molecule has 0 saturated heterocycles. The number of benzene rings is 1. The van der Waals surface area contributed by atoms with Crippen LogP contribution in [0.3, 0.4) is 0 Å². The Morgan fingerprint density at radius 3 is 2.88 bits per heavy atom. The van der Waals surface area contributed by atoms with Gasteiger partial charge < -0.3 is 14.9 Å². The molecule has 0 aliphatic heterocycles. The van der Waals surface area contributed by atoms with Crippen LogP contribution >= 0.6 is 0 Å². The van der Waals surface area contributed by atoms with Crippen molar-refractivity contribution in [3.8, 4) is 5.75 Å². The minimum Gasteiger partial charge on any atom is -0.514 e. The van der Waals surface area contributed by atoms with Gasteiger partial charge in [-0.2, -0.15) is 0 Å². The second-order valence-electron chi connectivity index (χ2n) is 3.38. The Morgan fingerprint density at radius 1 is 1.44 bits per heavy atom. The summed E-state index contributed by atoms with van der Waals surface area (Å²) in [5.74, 6) is 0.907. The summed E-state index contributed by atoms with van der Waals surface area (Å²) in [5, 5.41) is 10.3. The Labute approximate surface area is 96.1 Å². The second kappa shape index (κ2) is 6.74. The molecule has 0 spiro atoms. The molecule has 4 heteroatoms. The molecular weight excluding hydrogens is 204 g/mol. The van der Waals surface area contributed by atoms with Crippen LogP contribution in [-0.4, -0.2) is 30.8 Å². The van der Waals surface area contributed by atoms with Crippen LogP contribution in [0.4, 0.5) is 0 Å². The smallest absolute Gasteiger partial charge is 0.122 e. The van der Waals surface area contributed by atoms with Gasteiger partial charge in [0.25, 0.3) is 0 Å². The summed E-state index contributed by atoms with van der Waals surface area (Å²) >= 11 is 0. The van der Waals surface area contributed by atoms with Crippen LogP contribution in [0.25, 0.3) is 0 Å². The molecule has 0 fully saturated rings. The minimum atomic E-state index is 0.779. The molecular formula is C12H18N2O2. The first-order valence-corrected chi connectivity index (χ1v) is 5.17. The van der Waals surface area contributed by atoms with Crippen molar-refractivity contribution in [2.45, 2.75) is 6.42 Å². The summed E-state index contributed by atoms with van der Waals surface area (Å²) in [6, 6.07) is 7.95. The lowest BCUT2D eigenvalue weighted by atomic mass is 10.1. The maximum Gasteiger partial charge on any atom is 0.122 e. The molecule has 0 bridgehead atoms. The van der Waals surface area contributed by atoms with Gasteiger partial charge in [0.2, 0.25) is 0 Å². The molecule has 0 heterocycles. The van der Waals surface area contributed by atoms with Crippen molar-refractivity contribution in [1.82, 2.24) is 10.4 Å². The Morgan fingerprint density at radius 2 is 2.19 bits per heavy atom. The molecule has 4 nitrogen and oxygen atoms in total. The summed E-state index contributed by atoms with van der Waals surface area (Å²) in [6.07, 6.45) is 3.41. The number of ether oxygens (including phenoxy) is 1. The molecule has 1 rings (SSSR count). The van der Waals surface area contributed by atoms with E-state index in [-0.39, 0.29) is 0 Å². The van der Waals surface area contributed by atoms with Gasteiger partial charge in [0.15, 0.2) is 0 Å². The van der Waals surface area contributed by atoms with Crippen LogP contribution in [0.15, 0.2) is 36.7 Å². The first-order valence-electron chi connectivity index (χ1n) is 5.17. The molecule has 0 radical (unpaired) electrons. The van der Waals surface area contributed by atoms with E-state index in [0.29, 0.717) is 0 Å². The van der Waals surface area contributed by atoms with Crippen LogP contribution in [0.1, 0.15) is 5.56 Å². The predicted octanol–water partition coefficient (Wildman–Crippen LogP) is 1.70. The Bertz CT molecular complexity index is 340. The molecule has 0 saturated carbocycles. The van der Waals surface area contributed by atoms with E-state index >= 15 is 0 Å². The number of nitrogens with one attached hydrogen (secondary N) is 1. The van der Waals surface area contributed by atoms with E-state index in [4.69, 9.17) is 9.84 Å². The third-order valence-electron chi connectivity index (χ3n) is 2.24. The Kier molecular flexibility index (Phi) is 5.22. The van der Waals surface area contributed by atoms with Crippen LogP contribution in [0.2, 0.25) is 0 Å². The van der Waals surface area contributed by atoms with Gasteiger partial charge in [-0.25, -0.2) is 5.43 Å². The Hall–Kier alpha value is -1.68. The SMILES string of the molecule is COc1ccccc1CCNN(C)/C=C\O. The molecule has 0 atom stereocenters. The topological polar surface area (TPSA) is 44.7 Å². The molecule has 88 valence electrons. The normalized spacial score (nSPS) is 10.6. The van der Waals surface area contributed by atoms with Gasteiger partial charge >= 0.3 is 0 Å². The number of aliphatic hydroxyl groups excluding tert-OH is 1. The van der Waals surface area contributed by atoms with E-state index in [1.807, 2.05) is 31.3 Å². The lowest BCUT2D eigenvalue weighted by Gasteiger charge is -2.15. The first-order chi connectivity index (χ1) is 7.77. The number of hydrogen-bond acceptors (Lipinski definition) is 4. The fourth-order valence-electron chi connectivity index (χ4n) is 1.43. The number of nitrogens with zero attached hydrogens (tertiary/aromatic N) is 1. The van der Waals surface area contributed by atoms with Crippen LogP contribution in [-0.2, 0) is 6.42 Å². The summed E-state index contributed by atoms with van der Waals surface area (Å²) in [4.78, 5) is 0. The number of para-hydroxylation sites is 1. The van der Waals surface area contributed by atoms with E-state index in [1.165, 1.54) is 5.56 Å². The van der Waals surface area contributed by atoms with Crippen LogP contribution < -0.4 is 10.2 Å². The van der Waals surface area contributed by atoms with Gasteiger partial charge in [0, 0.05) is 19.8 Å². The number of hydrazine groups is 1. The molecule has 0 unspecified atom stereocenters. The van der Waals surface area contributed by atoms with Crippen molar-refractivity contribution >= 4 is 0 Å². The number of aliphatic hydroxyl groups is 1. The molecule has 1 aromatic carbocycles. The third kappa shape index (κ3) is 3.82. The molecule has 2 N–H and O–H groups in total. The monoisotopic (exact) mass is 222 g/mol. The standard InChI is InChI=1S/C12H18N2O2/c1-14(9-10-15)13-8-7-11-5-3-4-6-12(11)16-2/h3-6,9-10,13,15H,7-8H2,1-2H3/b10-9-. The molecule has 1 aromatic rings. The zero-order valence-corrected chi connectivity index (χ0v) is 9.68. The van der Waals surface area contributed by atoms with Crippen molar-refractivity contribution in [3.63, 3.8) is 0 Å². The molecule has 0 aliphatic carbocycles. The largest absolute Gasteiger partial charge is 0.514 e. The van der Waals surface area contributed by atoms with Gasteiger partial charge in [-0.05, 0) is 18.1 Å². The summed E-state index contributed by atoms with van der Waals surface area (Å²) in [5.41, 5.74) is 4.28. The third-order valence-corrected chi connectivity index (χ3v) is 2.24. The van der Waals surface area contributed by atoms with Crippen LogP contribution in [0.5, 0.6) is 5.75 Å². The van der Waals surface area contributed by atoms with Gasteiger partial charge in [0.05, 0.1) is 13.4 Å². The number of hydrogen-bond donors (Lipinski definition) is 2. The maximum absolute atomic E-state index is 8.55. The first kappa shape index (κ1) is 12.4. The van der Waals surface area contributed by atoms with Crippen molar-refractivity contribution in [2.75, 3.05) is 20.7 Å². The second-order valence-corrected chi connectivity index (χ2v) is 3.38. The van der Waals surface area contributed by atoms with E-state index < -0.39 is 0 Å². The van der Waals surface area contributed by atoms with E-state index in [9.17, 15) is 0 Å². The highest BCUT2D eigenvalue weighted by Gasteiger charge is 2.00. The van der Waals surface area contributed by atoms with E-state index in [1.54, 1.807) is 18.3 Å². The highest BCUT2D eigenvalue weighted by atomic mass is 16.5. The zero-order valence-electron chi connectivity index (χ0n) is 9.68. The summed E-state index contributed by atoms with van der Waals surface area (Å²) in [6.45, 7) is 0.779. The molecule has 16 heavy (non-hydrogen) atoms. The predicted molar refractivity (Wildman–Crippen MR) is 64.2 cm³/mol. The van der Waals surface area contributed by atoms with Gasteiger partial charge in [-0.3, -0.25) is 0 Å². The zero-order chi connectivity index (χ0) is 11.8. The lowest BCUT2D eigenvalue weighted by molar-refractivity contribution is 0.316. The number of methoxy groups -OCH3 is 1. The summed E-state index contributed by atoms with van der Waals surface area (Å²) in [7, 11) is 3.50. The average molecular weight is 222 g/mol. The fourth-order valence-corrected chi connectivity index (χ4v) is 1.43. The van der Waals surface area contributed by atoms with Crippen molar-refractivity contribution in [2.24, 2.45) is 0 Å². The van der Waals surface area contributed by atoms with Gasteiger partial charge in [-0.15, -0.1) is 0 Å². The highest BCUT2D eigenvalue weighted by molar-refractivity contribution is 5.33. The maximum atomic E-state index is 8.55. The van der Waals surface area contributed by atoms with E-state index in [2.05, 4.69) is 5.43 Å². The molecule has 0 amide bonds. The minimum absolute atomic E-state index is 0.779. The lowest BCUT2D eigenvalue weighted by Crippen LogP contribution is -2.31. The van der Waals surface area contributed by atoms with E-state index in [0.717, 1.165) is 25.0 Å². The van der Waals surface area contributed by atoms with Crippen LogP contribution in [0, 0.1) is 0 Å². The average Bonchev–Trinajstić information content (AvgIpc) is 2.30. The molecule has 0 aromatic heterocycles. The van der Waals surface area contributed by atoms with Crippen molar-refractivity contribution < 1.29 is 9.84 Å². The molecule has 0 aliphatic rings. The summed E-state index contributed by atoms with van der Waals surface area (Å²) < 4.78 is 5.25. The quantitative estimate of drug-likeness (QED) is 0.568.